The summed E-state index contributed by atoms with van der Waals surface area (Å²) in [6, 6.07) is 5.23. The molecule has 1 heterocycles. The molecule has 0 saturated carbocycles. The van der Waals surface area contributed by atoms with Gasteiger partial charge < -0.3 is 14.8 Å². The topological polar surface area (TPSA) is 40.5 Å². The monoisotopic (exact) mass is 239 g/mol. The van der Waals surface area contributed by atoms with Crippen molar-refractivity contribution in [3.63, 3.8) is 0 Å². The standard InChI is InChI=1S/C12H14ClNO2/c13-10-3-4-12-9(6-10)2-1-5-14(12)11(7-15)8-16/h3-4,6-7,11,16H,1-2,5,8H2. The lowest BCUT2D eigenvalue weighted by Gasteiger charge is -2.34. The lowest BCUT2D eigenvalue weighted by atomic mass is 10.0. The number of anilines is 1. The molecular formula is C12H14ClNO2. The molecule has 0 aromatic heterocycles. The minimum atomic E-state index is -0.444. The Balaban J connectivity index is 2.36. The van der Waals surface area contributed by atoms with Gasteiger partial charge in [-0.15, -0.1) is 0 Å². The maximum absolute atomic E-state index is 10.9. The normalized spacial score (nSPS) is 16.8. The van der Waals surface area contributed by atoms with Gasteiger partial charge in [-0.1, -0.05) is 11.6 Å². The van der Waals surface area contributed by atoms with E-state index in [1.165, 1.54) is 0 Å². The largest absolute Gasteiger partial charge is 0.394 e. The van der Waals surface area contributed by atoms with Crippen LogP contribution in [0, 0.1) is 0 Å². The van der Waals surface area contributed by atoms with Crippen molar-refractivity contribution in [3.8, 4) is 0 Å². The number of nitrogens with zero attached hydrogens (tertiary/aromatic N) is 1. The van der Waals surface area contributed by atoms with Crippen LogP contribution in [0.25, 0.3) is 0 Å². The number of benzene rings is 1. The lowest BCUT2D eigenvalue weighted by molar-refractivity contribution is -0.109. The number of aryl methyl sites for hydroxylation is 1. The predicted molar refractivity (Wildman–Crippen MR) is 64.1 cm³/mol. The summed E-state index contributed by atoms with van der Waals surface area (Å²) in [7, 11) is 0. The third kappa shape index (κ3) is 2.06. The Morgan fingerprint density at radius 3 is 3.06 bits per heavy atom. The first-order valence-corrected chi connectivity index (χ1v) is 5.75. The van der Waals surface area contributed by atoms with E-state index >= 15 is 0 Å². The maximum atomic E-state index is 10.9. The molecule has 1 aromatic carbocycles. The second-order valence-electron chi connectivity index (χ2n) is 3.96. The van der Waals surface area contributed by atoms with E-state index in [4.69, 9.17) is 16.7 Å². The first-order valence-electron chi connectivity index (χ1n) is 5.37. The molecule has 1 aliphatic heterocycles. The van der Waals surface area contributed by atoms with E-state index in [2.05, 4.69) is 0 Å². The van der Waals surface area contributed by atoms with Gasteiger partial charge in [0.25, 0.3) is 0 Å². The average Bonchev–Trinajstić information content (AvgIpc) is 2.30. The lowest BCUT2D eigenvalue weighted by Crippen LogP contribution is -2.42. The molecule has 0 spiro atoms. The van der Waals surface area contributed by atoms with Gasteiger partial charge in [0, 0.05) is 17.3 Å². The smallest absolute Gasteiger partial charge is 0.144 e. The van der Waals surface area contributed by atoms with Crippen LogP contribution in [0.3, 0.4) is 0 Å². The molecular weight excluding hydrogens is 226 g/mol. The fourth-order valence-corrected chi connectivity index (χ4v) is 2.35. The number of carbonyl (C=O) groups excluding carboxylic acids is 1. The quantitative estimate of drug-likeness (QED) is 0.816. The van der Waals surface area contributed by atoms with Gasteiger partial charge >= 0.3 is 0 Å². The molecule has 2 rings (SSSR count). The molecule has 1 atom stereocenters. The van der Waals surface area contributed by atoms with E-state index in [9.17, 15) is 4.79 Å². The van der Waals surface area contributed by atoms with Crippen molar-refractivity contribution in [3.05, 3.63) is 28.8 Å². The van der Waals surface area contributed by atoms with Crippen molar-refractivity contribution in [2.75, 3.05) is 18.1 Å². The zero-order chi connectivity index (χ0) is 11.5. The first-order chi connectivity index (χ1) is 7.76. The number of fused-ring (bicyclic) bond motifs is 1. The van der Waals surface area contributed by atoms with Crippen molar-refractivity contribution >= 4 is 23.6 Å². The van der Waals surface area contributed by atoms with Gasteiger partial charge in [0.05, 0.1) is 6.61 Å². The second kappa shape index (κ2) is 4.85. The number of carbonyl (C=O) groups is 1. The molecule has 4 heteroatoms. The van der Waals surface area contributed by atoms with Crippen molar-refractivity contribution in [1.82, 2.24) is 0 Å². The molecule has 0 aliphatic carbocycles. The third-order valence-electron chi connectivity index (χ3n) is 2.94. The van der Waals surface area contributed by atoms with Crippen molar-refractivity contribution in [2.24, 2.45) is 0 Å². The Labute approximate surface area is 99.6 Å². The Kier molecular flexibility index (Phi) is 3.46. The molecule has 0 saturated heterocycles. The van der Waals surface area contributed by atoms with E-state index in [1.807, 2.05) is 23.1 Å². The highest BCUT2D eigenvalue weighted by Crippen LogP contribution is 2.30. The summed E-state index contributed by atoms with van der Waals surface area (Å²) in [6.45, 7) is 0.657. The number of rotatable bonds is 3. The number of hydrogen-bond acceptors (Lipinski definition) is 3. The number of aliphatic hydroxyl groups is 1. The van der Waals surface area contributed by atoms with Crippen LogP contribution in [0.5, 0.6) is 0 Å². The summed E-state index contributed by atoms with van der Waals surface area (Å²) >= 11 is 5.93. The summed E-state index contributed by atoms with van der Waals surface area (Å²) < 4.78 is 0. The highest BCUT2D eigenvalue weighted by atomic mass is 35.5. The summed E-state index contributed by atoms with van der Waals surface area (Å²) in [5.41, 5.74) is 2.17. The minimum Gasteiger partial charge on any atom is -0.394 e. The first kappa shape index (κ1) is 11.4. The minimum absolute atomic E-state index is 0.147. The van der Waals surface area contributed by atoms with Gasteiger partial charge in [0.15, 0.2) is 0 Å². The number of hydrogen-bond donors (Lipinski definition) is 1. The van der Waals surface area contributed by atoms with Crippen LogP contribution in [0.1, 0.15) is 12.0 Å². The van der Waals surface area contributed by atoms with Crippen LogP contribution in [-0.4, -0.2) is 30.6 Å². The van der Waals surface area contributed by atoms with Crippen LogP contribution < -0.4 is 4.90 Å². The second-order valence-corrected chi connectivity index (χ2v) is 4.39. The van der Waals surface area contributed by atoms with Crippen molar-refractivity contribution in [1.29, 1.82) is 0 Å². The number of aldehydes is 1. The molecule has 0 radical (unpaired) electrons. The molecule has 1 aromatic rings. The SMILES string of the molecule is O=CC(CO)N1CCCc2cc(Cl)ccc21. The van der Waals surface area contributed by atoms with E-state index < -0.39 is 6.04 Å². The van der Waals surface area contributed by atoms with Gasteiger partial charge in [0.2, 0.25) is 0 Å². The van der Waals surface area contributed by atoms with Crippen LogP contribution in [-0.2, 0) is 11.2 Å². The molecule has 16 heavy (non-hydrogen) atoms. The molecule has 1 aliphatic rings. The molecule has 3 nitrogen and oxygen atoms in total. The van der Waals surface area contributed by atoms with Gasteiger partial charge in [-0.05, 0) is 36.6 Å². The van der Waals surface area contributed by atoms with Crippen LogP contribution in [0.2, 0.25) is 5.02 Å². The highest BCUT2D eigenvalue weighted by Gasteiger charge is 2.23. The number of halogens is 1. The maximum Gasteiger partial charge on any atom is 0.144 e. The zero-order valence-corrected chi connectivity index (χ0v) is 9.65. The highest BCUT2D eigenvalue weighted by molar-refractivity contribution is 6.30. The Morgan fingerprint density at radius 2 is 2.38 bits per heavy atom. The molecule has 1 N–H and O–H groups in total. The van der Waals surface area contributed by atoms with Crippen molar-refractivity contribution < 1.29 is 9.90 Å². The average molecular weight is 240 g/mol. The van der Waals surface area contributed by atoms with Gasteiger partial charge in [-0.3, -0.25) is 0 Å². The van der Waals surface area contributed by atoms with Gasteiger partial charge in [-0.25, -0.2) is 0 Å². The van der Waals surface area contributed by atoms with Crippen LogP contribution in [0.4, 0.5) is 5.69 Å². The van der Waals surface area contributed by atoms with Crippen molar-refractivity contribution in [2.45, 2.75) is 18.9 Å². The molecule has 1 unspecified atom stereocenters. The summed E-state index contributed by atoms with van der Waals surface area (Å²) in [5.74, 6) is 0. The molecule has 86 valence electrons. The Hall–Kier alpha value is -1.06. The van der Waals surface area contributed by atoms with E-state index in [-0.39, 0.29) is 6.61 Å². The Bertz CT molecular complexity index is 395. The summed E-state index contributed by atoms with van der Waals surface area (Å²) in [5, 5.41) is 9.87. The predicted octanol–water partition coefficient (Wildman–Crippen LogP) is 1.65. The fraction of sp³-hybridized carbons (Fsp3) is 0.417. The number of aliphatic hydroxyl groups excluding tert-OH is 1. The molecule has 0 fully saturated rings. The Morgan fingerprint density at radius 1 is 1.56 bits per heavy atom. The molecule has 0 amide bonds. The zero-order valence-electron chi connectivity index (χ0n) is 8.90. The fourth-order valence-electron chi connectivity index (χ4n) is 2.15. The summed E-state index contributed by atoms with van der Waals surface area (Å²) in [4.78, 5) is 12.8. The molecule has 0 bridgehead atoms. The van der Waals surface area contributed by atoms with Gasteiger partial charge in [-0.2, -0.15) is 0 Å². The van der Waals surface area contributed by atoms with E-state index in [0.29, 0.717) is 5.02 Å². The van der Waals surface area contributed by atoms with E-state index in [0.717, 1.165) is 36.9 Å². The third-order valence-corrected chi connectivity index (χ3v) is 3.18. The summed E-state index contributed by atoms with van der Waals surface area (Å²) in [6.07, 6.45) is 2.75. The van der Waals surface area contributed by atoms with E-state index in [1.54, 1.807) is 0 Å². The van der Waals surface area contributed by atoms with Crippen LogP contribution in [0.15, 0.2) is 18.2 Å². The van der Waals surface area contributed by atoms with Crippen LogP contribution >= 0.6 is 11.6 Å². The van der Waals surface area contributed by atoms with Gasteiger partial charge in [0.1, 0.15) is 12.3 Å².